The molecule has 1 saturated carbocycles. The van der Waals surface area contributed by atoms with Crippen molar-refractivity contribution in [3.63, 3.8) is 0 Å². The molecule has 2 aromatic carbocycles. The zero-order chi connectivity index (χ0) is 21.4. The Balaban J connectivity index is 1.37. The fourth-order valence-corrected chi connectivity index (χ4v) is 4.26. The SMILES string of the molecule is O=C(CN1C(=O)C2(COc3ccc(F)cc3)CC2c2ccccc21)Nc1ccncc1. The molecule has 2 unspecified atom stereocenters. The van der Waals surface area contributed by atoms with E-state index in [1.807, 2.05) is 24.3 Å². The highest BCUT2D eigenvalue weighted by molar-refractivity contribution is 6.09. The largest absolute Gasteiger partial charge is 0.492 e. The first kappa shape index (κ1) is 19.2. The van der Waals surface area contributed by atoms with Gasteiger partial charge in [-0.25, -0.2) is 4.39 Å². The lowest BCUT2D eigenvalue weighted by molar-refractivity contribution is -0.127. The van der Waals surface area contributed by atoms with E-state index in [4.69, 9.17) is 4.74 Å². The van der Waals surface area contributed by atoms with Crippen LogP contribution in [-0.4, -0.2) is 29.9 Å². The van der Waals surface area contributed by atoms with Crippen LogP contribution in [0.15, 0.2) is 73.1 Å². The Hall–Kier alpha value is -3.74. The maximum atomic E-state index is 13.5. The summed E-state index contributed by atoms with van der Waals surface area (Å²) in [6.07, 6.45) is 3.84. The van der Waals surface area contributed by atoms with Crippen molar-refractivity contribution in [3.8, 4) is 5.75 Å². The van der Waals surface area contributed by atoms with E-state index >= 15 is 0 Å². The van der Waals surface area contributed by atoms with E-state index in [-0.39, 0.29) is 36.7 Å². The first-order valence-corrected chi connectivity index (χ1v) is 10.1. The monoisotopic (exact) mass is 417 g/mol. The predicted molar refractivity (Wildman–Crippen MR) is 113 cm³/mol. The summed E-state index contributed by atoms with van der Waals surface area (Å²) < 4.78 is 19.0. The number of hydrogen-bond donors (Lipinski definition) is 1. The first-order chi connectivity index (χ1) is 15.1. The Kier molecular flexibility index (Phi) is 4.66. The Labute approximate surface area is 178 Å². The number of ether oxygens (including phenoxy) is 1. The summed E-state index contributed by atoms with van der Waals surface area (Å²) in [5, 5.41) is 2.81. The lowest BCUT2D eigenvalue weighted by atomic mass is 9.92. The molecule has 2 aliphatic rings. The summed E-state index contributed by atoms with van der Waals surface area (Å²) in [6, 6.07) is 16.8. The van der Waals surface area contributed by atoms with Crippen molar-refractivity contribution in [1.82, 2.24) is 4.98 Å². The summed E-state index contributed by atoms with van der Waals surface area (Å²) in [5.74, 6) is -0.193. The average molecular weight is 417 g/mol. The number of carbonyl (C=O) groups excluding carboxylic acids is 2. The summed E-state index contributed by atoms with van der Waals surface area (Å²) in [4.78, 5) is 31.7. The molecular weight excluding hydrogens is 397 g/mol. The molecule has 1 aromatic heterocycles. The summed E-state index contributed by atoms with van der Waals surface area (Å²) in [5.41, 5.74) is 1.72. The van der Waals surface area contributed by atoms with Crippen molar-refractivity contribution in [3.05, 3.63) is 84.4 Å². The average Bonchev–Trinajstić information content (AvgIpc) is 3.53. The quantitative estimate of drug-likeness (QED) is 0.663. The topological polar surface area (TPSA) is 71.5 Å². The van der Waals surface area contributed by atoms with Gasteiger partial charge in [-0.15, -0.1) is 0 Å². The predicted octanol–water partition coefficient (Wildman–Crippen LogP) is 3.76. The van der Waals surface area contributed by atoms with Gasteiger partial charge < -0.3 is 15.0 Å². The number of aromatic nitrogens is 1. The minimum absolute atomic E-state index is 0.0520. The first-order valence-electron chi connectivity index (χ1n) is 10.1. The number of halogens is 1. The van der Waals surface area contributed by atoms with Crippen LogP contribution in [0.25, 0.3) is 0 Å². The number of nitrogens with one attached hydrogen (secondary N) is 1. The highest BCUT2D eigenvalue weighted by Gasteiger charge is 2.66. The Morgan fingerprint density at radius 3 is 2.65 bits per heavy atom. The number of benzene rings is 2. The third kappa shape index (κ3) is 3.52. The Morgan fingerprint density at radius 2 is 1.87 bits per heavy atom. The zero-order valence-corrected chi connectivity index (χ0v) is 16.6. The van der Waals surface area contributed by atoms with E-state index in [1.54, 1.807) is 41.6 Å². The van der Waals surface area contributed by atoms with Crippen LogP contribution in [0, 0.1) is 11.2 Å². The van der Waals surface area contributed by atoms with Gasteiger partial charge >= 0.3 is 0 Å². The van der Waals surface area contributed by atoms with Crippen LogP contribution < -0.4 is 15.0 Å². The van der Waals surface area contributed by atoms with Gasteiger partial charge in [-0.2, -0.15) is 0 Å². The van der Waals surface area contributed by atoms with Crippen molar-refractivity contribution in [2.75, 3.05) is 23.4 Å². The van der Waals surface area contributed by atoms with Gasteiger partial charge in [-0.3, -0.25) is 14.6 Å². The van der Waals surface area contributed by atoms with Crippen LogP contribution in [0.5, 0.6) is 5.75 Å². The van der Waals surface area contributed by atoms with Gasteiger partial charge in [0.1, 0.15) is 24.7 Å². The van der Waals surface area contributed by atoms with Gasteiger partial charge in [-0.05, 0) is 54.4 Å². The van der Waals surface area contributed by atoms with Gasteiger partial charge in [0.25, 0.3) is 0 Å². The Morgan fingerprint density at radius 1 is 1.13 bits per heavy atom. The number of para-hydroxylation sites is 1. The fraction of sp³-hybridized carbons (Fsp3) is 0.208. The molecule has 1 N–H and O–H groups in total. The van der Waals surface area contributed by atoms with Crippen molar-refractivity contribution in [2.24, 2.45) is 5.41 Å². The Bertz CT molecular complexity index is 1140. The molecule has 0 saturated heterocycles. The number of anilines is 2. The van der Waals surface area contributed by atoms with Crippen molar-refractivity contribution in [2.45, 2.75) is 12.3 Å². The second-order valence-corrected chi connectivity index (χ2v) is 7.89. The molecule has 0 radical (unpaired) electrons. The van der Waals surface area contributed by atoms with Crippen LogP contribution in [0.2, 0.25) is 0 Å². The van der Waals surface area contributed by atoms with Gasteiger partial charge in [0, 0.05) is 29.7 Å². The molecule has 2 heterocycles. The molecule has 0 spiro atoms. The van der Waals surface area contributed by atoms with Crippen molar-refractivity contribution in [1.29, 1.82) is 0 Å². The van der Waals surface area contributed by atoms with Gasteiger partial charge in [0.15, 0.2) is 0 Å². The second-order valence-electron chi connectivity index (χ2n) is 7.89. The molecule has 6 nitrogen and oxygen atoms in total. The molecule has 156 valence electrons. The number of fused-ring (bicyclic) bond motifs is 3. The second kappa shape index (κ2) is 7.50. The lowest BCUT2D eigenvalue weighted by Gasteiger charge is -2.33. The molecule has 1 fully saturated rings. The van der Waals surface area contributed by atoms with Crippen LogP contribution in [-0.2, 0) is 9.59 Å². The van der Waals surface area contributed by atoms with Crippen LogP contribution in [0.4, 0.5) is 15.8 Å². The molecule has 2 amide bonds. The van der Waals surface area contributed by atoms with E-state index in [0.29, 0.717) is 17.9 Å². The number of amides is 2. The number of carbonyl (C=O) groups is 2. The number of nitrogens with zero attached hydrogens (tertiary/aromatic N) is 2. The molecular formula is C24H20FN3O3. The van der Waals surface area contributed by atoms with Gasteiger partial charge in [-0.1, -0.05) is 18.2 Å². The maximum absolute atomic E-state index is 13.5. The molecule has 1 aliphatic heterocycles. The van der Waals surface area contributed by atoms with E-state index in [1.165, 1.54) is 12.1 Å². The maximum Gasteiger partial charge on any atom is 0.244 e. The molecule has 2 atom stereocenters. The van der Waals surface area contributed by atoms with Crippen LogP contribution in [0.1, 0.15) is 17.9 Å². The molecule has 0 bridgehead atoms. The van der Waals surface area contributed by atoms with E-state index < -0.39 is 5.41 Å². The van der Waals surface area contributed by atoms with Crippen LogP contribution in [0.3, 0.4) is 0 Å². The molecule has 3 aromatic rings. The van der Waals surface area contributed by atoms with E-state index in [9.17, 15) is 14.0 Å². The fourth-order valence-electron chi connectivity index (χ4n) is 4.26. The normalized spacial score (nSPS) is 21.1. The summed E-state index contributed by atoms with van der Waals surface area (Å²) in [6.45, 7) is 0.0854. The van der Waals surface area contributed by atoms with Gasteiger partial charge in [0.05, 0.1) is 5.41 Å². The number of rotatable bonds is 6. The number of pyridine rings is 1. The standard InChI is InChI=1S/C24H20FN3O3/c25-16-5-7-18(8-6-16)31-15-24-13-20(24)19-3-1-2-4-21(19)28(23(24)30)14-22(29)27-17-9-11-26-12-10-17/h1-12,20H,13-15H2,(H,26,27,29). The van der Waals surface area contributed by atoms with E-state index in [2.05, 4.69) is 10.3 Å². The highest BCUT2D eigenvalue weighted by Crippen LogP contribution is 2.65. The van der Waals surface area contributed by atoms with Crippen molar-refractivity contribution < 1.29 is 18.7 Å². The number of hydrogen-bond acceptors (Lipinski definition) is 4. The molecule has 1 aliphatic carbocycles. The van der Waals surface area contributed by atoms with Gasteiger partial charge in [0.2, 0.25) is 11.8 Å². The van der Waals surface area contributed by atoms with Crippen molar-refractivity contribution >= 4 is 23.2 Å². The zero-order valence-electron chi connectivity index (χ0n) is 16.6. The minimum atomic E-state index is -0.709. The van der Waals surface area contributed by atoms with Crippen LogP contribution >= 0.6 is 0 Å². The lowest BCUT2D eigenvalue weighted by Crippen LogP contribution is -2.47. The summed E-state index contributed by atoms with van der Waals surface area (Å²) >= 11 is 0. The summed E-state index contributed by atoms with van der Waals surface area (Å²) in [7, 11) is 0. The third-order valence-corrected chi connectivity index (χ3v) is 5.93. The smallest absolute Gasteiger partial charge is 0.244 e. The van der Waals surface area contributed by atoms with E-state index in [0.717, 1.165) is 11.3 Å². The molecule has 5 rings (SSSR count). The minimum Gasteiger partial charge on any atom is -0.492 e. The molecule has 31 heavy (non-hydrogen) atoms. The third-order valence-electron chi connectivity index (χ3n) is 5.93. The highest BCUT2D eigenvalue weighted by atomic mass is 19.1. The molecule has 7 heteroatoms.